The van der Waals surface area contributed by atoms with Crippen molar-refractivity contribution in [3.8, 4) is 0 Å². The molecule has 2 nitrogen and oxygen atoms in total. The number of aromatic nitrogens is 1. The van der Waals surface area contributed by atoms with Gasteiger partial charge in [0.2, 0.25) is 0 Å². The summed E-state index contributed by atoms with van der Waals surface area (Å²) in [6, 6.07) is 2.14. The molecule has 1 aliphatic rings. The second kappa shape index (κ2) is 2.77. The molecule has 0 amide bonds. The first-order valence-corrected chi connectivity index (χ1v) is 4.48. The van der Waals surface area contributed by atoms with Crippen molar-refractivity contribution in [1.29, 1.82) is 0 Å². The molecule has 1 N–H and O–H groups in total. The van der Waals surface area contributed by atoms with E-state index < -0.39 is 0 Å². The van der Waals surface area contributed by atoms with E-state index in [2.05, 4.69) is 23.3 Å². The topological polar surface area (TPSA) is 24.9 Å². The van der Waals surface area contributed by atoms with Gasteiger partial charge in [-0.15, -0.1) is 0 Å². The Morgan fingerprint density at radius 3 is 3.17 bits per heavy atom. The van der Waals surface area contributed by atoms with E-state index in [1.165, 1.54) is 24.0 Å². The highest BCUT2D eigenvalue weighted by Gasteiger charge is 2.21. The lowest BCUT2D eigenvalue weighted by molar-refractivity contribution is 0.747. The Labute approximate surface area is 73.0 Å². The molecule has 0 aliphatic heterocycles. The van der Waals surface area contributed by atoms with Crippen molar-refractivity contribution in [2.75, 3.05) is 12.4 Å². The number of hydrogen-bond acceptors (Lipinski definition) is 2. The quantitative estimate of drug-likeness (QED) is 0.684. The van der Waals surface area contributed by atoms with Gasteiger partial charge < -0.3 is 5.32 Å². The van der Waals surface area contributed by atoms with Crippen LogP contribution in [0.25, 0.3) is 0 Å². The van der Waals surface area contributed by atoms with Gasteiger partial charge in [0.15, 0.2) is 0 Å². The predicted octanol–water partition coefficient (Wildman–Crippen LogP) is 2.17. The summed E-state index contributed by atoms with van der Waals surface area (Å²) >= 11 is 0. The van der Waals surface area contributed by atoms with Crippen molar-refractivity contribution in [1.82, 2.24) is 4.98 Å². The van der Waals surface area contributed by atoms with Crippen LogP contribution < -0.4 is 5.32 Å². The molecule has 1 aromatic heterocycles. The molecule has 12 heavy (non-hydrogen) atoms. The second-order valence-electron chi connectivity index (χ2n) is 3.42. The molecule has 0 bridgehead atoms. The van der Waals surface area contributed by atoms with Gasteiger partial charge in [-0.2, -0.15) is 0 Å². The van der Waals surface area contributed by atoms with Gasteiger partial charge in [0.1, 0.15) is 5.82 Å². The third-order valence-corrected chi connectivity index (χ3v) is 2.66. The molecule has 2 heteroatoms. The largest absolute Gasteiger partial charge is 0.373 e. The van der Waals surface area contributed by atoms with Crippen molar-refractivity contribution in [2.24, 2.45) is 0 Å². The van der Waals surface area contributed by atoms with Gasteiger partial charge in [-0.25, -0.2) is 4.98 Å². The smallest absolute Gasteiger partial charge is 0.129 e. The van der Waals surface area contributed by atoms with Crippen molar-refractivity contribution >= 4 is 5.82 Å². The molecule has 1 heterocycles. The molecule has 1 aliphatic carbocycles. The number of rotatable bonds is 1. The fourth-order valence-corrected chi connectivity index (χ4v) is 2.00. The Kier molecular flexibility index (Phi) is 1.75. The standard InChI is InChI=1S/C10H14N2/c1-7-3-4-8-5-6-12-10(11-2)9(7)8/h5-7H,3-4H2,1-2H3,(H,11,12). The first-order valence-electron chi connectivity index (χ1n) is 4.48. The van der Waals surface area contributed by atoms with Gasteiger partial charge in [-0.3, -0.25) is 0 Å². The van der Waals surface area contributed by atoms with Gasteiger partial charge in [0.05, 0.1) is 0 Å². The van der Waals surface area contributed by atoms with Crippen LogP contribution in [0, 0.1) is 0 Å². The highest BCUT2D eigenvalue weighted by molar-refractivity contribution is 5.52. The van der Waals surface area contributed by atoms with Crippen LogP contribution in [0.15, 0.2) is 12.3 Å². The zero-order valence-electron chi connectivity index (χ0n) is 7.59. The zero-order chi connectivity index (χ0) is 8.55. The summed E-state index contributed by atoms with van der Waals surface area (Å²) in [5.74, 6) is 1.74. The number of anilines is 1. The van der Waals surface area contributed by atoms with E-state index >= 15 is 0 Å². The Morgan fingerprint density at radius 2 is 2.42 bits per heavy atom. The van der Waals surface area contributed by atoms with Crippen LogP contribution in [0.1, 0.15) is 30.4 Å². The summed E-state index contributed by atoms with van der Waals surface area (Å²) in [7, 11) is 1.94. The summed E-state index contributed by atoms with van der Waals surface area (Å²) in [6.45, 7) is 2.27. The number of aryl methyl sites for hydroxylation is 1. The molecule has 0 aromatic carbocycles. The average Bonchev–Trinajstić information content (AvgIpc) is 2.48. The first kappa shape index (κ1) is 7.59. The summed E-state index contributed by atoms with van der Waals surface area (Å²) in [6.07, 6.45) is 4.38. The van der Waals surface area contributed by atoms with E-state index in [9.17, 15) is 0 Å². The maximum absolute atomic E-state index is 4.31. The van der Waals surface area contributed by atoms with Gasteiger partial charge in [-0.05, 0) is 30.4 Å². The maximum Gasteiger partial charge on any atom is 0.129 e. The van der Waals surface area contributed by atoms with Gasteiger partial charge in [0, 0.05) is 18.8 Å². The van der Waals surface area contributed by atoms with Crippen LogP contribution in [-0.4, -0.2) is 12.0 Å². The Balaban J connectivity index is 2.53. The molecule has 0 fully saturated rings. The molecule has 1 unspecified atom stereocenters. The minimum Gasteiger partial charge on any atom is -0.373 e. The maximum atomic E-state index is 4.31. The molecule has 1 atom stereocenters. The zero-order valence-corrected chi connectivity index (χ0v) is 7.59. The molecule has 0 saturated heterocycles. The number of fused-ring (bicyclic) bond motifs is 1. The van der Waals surface area contributed by atoms with Crippen molar-refractivity contribution in [2.45, 2.75) is 25.7 Å². The van der Waals surface area contributed by atoms with Crippen LogP contribution >= 0.6 is 0 Å². The van der Waals surface area contributed by atoms with E-state index in [0.29, 0.717) is 5.92 Å². The molecule has 64 valence electrons. The van der Waals surface area contributed by atoms with Crippen molar-refractivity contribution < 1.29 is 0 Å². The monoisotopic (exact) mass is 162 g/mol. The molecular weight excluding hydrogens is 148 g/mol. The molecule has 2 rings (SSSR count). The van der Waals surface area contributed by atoms with Crippen LogP contribution in [-0.2, 0) is 6.42 Å². The highest BCUT2D eigenvalue weighted by atomic mass is 15.0. The number of pyridine rings is 1. The van der Waals surface area contributed by atoms with E-state index in [1.807, 2.05) is 13.2 Å². The molecule has 0 saturated carbocycles. The highest BCUT2D eigenvalue weighted by Crippen LogP contribution is 2.36. The normalized spacial score (nSPS) is 20.7. The van der Waals surface area contributed by atoms with Crippen LogP contribution in [0.2, 0.25) is 0 Å². The van der Waals surface area contributed by atoms with Crippen molar-refractivity contribution in [3.05, 3.63) is 23.4 Å². The Hall–Kier alpha value is -1.05. The lowest BCUT2D eigenvalue weighted by Gasteiger charge is -2.09. The summed E-state index contributed by atoms with van der Waals surface area (Å²) in [4.78, 5) is 4.31. The Morgan fingerprint density at radius 1 is 1.58 bits per heavy atom. The van der Waals surface area contributed by atoms with Crippen molar-refractivity contribution in [3.63, 3.8) is 0 Å². The second-order valence-corrected chi connectivity index (χ2v) is 3.42. The minimum atomic E-state index is 0.677. The van der Waals surface area contributed by atoms with Gasteiger partial charge in [0.25, 0.3) is 0 Å². The van der Waals surface area contributed by atoms with E-state index in [0.717, 1.165) is 5.82 Å². The molecule has 0 radical (unpaired) electrons. The van der Waals surface area contributed by atoms with E-state index in [1.54, 1.807) is 0 Å². The molecular formula is C10H14N2. The lowest BCUT2D eigenvalue weighted by atomic mass is 10.0. The molecule has 0 spiro atoms. The number of nitrogens with zero attached hydrogens (tertiary/aromatic N) is 1. The summed E-state index contributed by atoms with van der Waals surface area (Å²) in [5, 5.41) is 3.15. The Bertz CT molecular complexity index is 294. The van der Waals surface area contributed by atoms with Gasteiger partial charge in [-0.1, -0.05) is 6.92 Å². The number of nitrogens with one attached hydrogen (secondary N) is 1. The minimum absolute atomic E-state index is 0.677. The lowest BCUT2D eigenvalue weighted by Crippen LogP contribution is -1.99. The fourth-order valence-electron chi connectivity index (χ4n) is 2.00. The summed E-state index contributed by atoms with van der Waals surface area (Å²) < 4.78 is 0. The third-order valence-electron chi connectivity index (χ3n) is 2.66. The van der Waals surface area contributed by atoms with Crippen LogP contribution in [0.3, 0.4) is 0 Å². The van der Waals surface area contributed by atoms with Crippen LogP contribution in [0.5, 0.6) is 0 Å². The first-order chi connectivity index (χ1) is 5.83. The summed E-state index contributed by atoms with van der Waals surface area (Å²) in [5.41, 5.74) is 2.90. The van der Waals surface area contributed by atoms with Gasteiger partial charge >= 0.3 is 0 Å². The van der Waals surface area contributed by atoms with E-state index in [-0.39, 0.29) is 0 Å². The third kappa shape index (κ3) is 0.986. The SMILES string of the molecule is CNc1nccc2c1C(C)CC2. The average molecular weight is 162 g/mol. The number of hydrogen-bond donors (Lipinski definition) is 1. The molecule has 1 aromatic rings. The van der Waals surface area contributed by atoms with E-state index in [4.69, 9.17) is 0 Å². The van der Waals surface area contributed by atoms with Crippen LogP contribution in [0.4, 0.5) is 5.82 Å². The predicted molar refractivity (Wildman–Crippen MR) is 50.5 cm³/mol. The fraction of sp³-hybridized carbons (Fsp3) is 0.500.